The number of allylic oxidation sites excluding steroid dienone is 3. The third-order valence-electron chi connectivity index (χ3n) is 6.24. The molecule has 1 aliphatic carbocycles. The first-order valence-electron chi connectivity index (χ1n) is 10.8. The summed E-state index contributed by atoms with van der Waals surface area (Å²) in [5.74, 6) is 0.556. The first-order valence-corrected chi connectivity index (χ1v) is 10.8. The summed E-state index contributed by atoms with van der Waals surface area (Å²) in [7, 11) is 0. The predicted molar refractivity (Wildman–Crippen MR) is 122 cm³/mol. The summed E-state index contributed by atoms with van der Waals surface area (Å²) in [6.07, 6.45) is 11.3. The summed E-state index contributed by atoms with van der Waals surface area (Å²) in [6, 6.07) is 12.4. The van der Waals surface area contributed by atoms with E-state index in [1.165, 1.54) is 22.5 Å². The molecule has 0 amide bonds. The minimum absolute atomic E-state index is 0.556. The third kappa shape index (κ3) is 3.70. The fraction of sp³-hybridized carbons (Fsp3) is 0.308. The highest BCUT2D eigenvalue weighted by atomic mass is 14.8. The summed E-state index contributed by atoms with van der Waals surface area (Å²) < 4.78 is 0. The van der Waals surface area contributed by atoms with Crippen molar-refractivity contribution in [2.24, 2.45) is 10.9 Å². The molecule has 0 radical (unpaired) electrons. The molecule has 30 heavy (non-hydrogen) atoms. The van der Waals surface area contributed by atoms with Gasteiger partial charge in [0.2, 0.25) is 0 Å². The quantitative estimate of drug-likeness (QED) is 0.559. The van der Waals surface area contributed by atoms with E-state index in [0.29, 0.717) is 5.92 Å². The van der Waals surface area contributed by atoms with Gasteiger partial charge in [-0.2, -0.15) is 0 Å². The van der Waals surface area contributed by atoms with Crippen LogP contribution in [-0.2, 0) is 6.42 Å². The van der Waals surface area contributed by atoms with E-state index in [1.54, 1.807) is 0 Å². The standard InChI is InChI=1S/C26H26N4/c1-17-9-12-25-24(28-17)14-11-20(29-25)10-13-22-18(2)19-6-3-4-8-23-21(7-5-15-27-23)26(16-19)30-22/h4-5,7-9,11-12,14-15,19H,3,6,10,13,16H2,1-2H3/b8-4-. The summed E-state index contributed by atoms with van der Waals surface area (Å²) in [6.45, 7) is 4.28. The van der Waals surface area contributed by atoms with E-state index in [2.05, 4.69) is 53.3 Å². The number of rotatable bonds is 3. The van der Waals surface area contributed by atoms with Crippen LogP contribution in [0.1, 0.15) is 55.3 Å². The van der Waals surface area contributed by atoms with Crippen molar-refractivity contribution in [2.75, 3.05) is 0 Å². The fourth-order valence-electron chi connectivity index (χ4n) is 4.49. The van der Waals surface area contributed by atoms with Crippen LogP contribution in [0.15, 0.2) is 64.9 Å². The van der Waals surface area contributed by atoms with Crippen LogP contribution in [0.2, 0.25) is 0 Å². The van der Waals surface area contributed by atoms with E-state index < -0.39 is 0 Å². The SMILES string of the molecule is CC1=C(CCc2ccc3nc(C)ccc3n2)N=C2CC1CC/C=C\c1ncccc12. The van der Waals surface area contributed by atoms with Crippen molar-refractivity contribution in [1.82, 2.24) is 15.0 Å². The number of hydrogen-bond acceptors (Lipinski definition) is 4. The van der Waals surface area contributed by atoms with Crippen molar-refractivity contribution in [3.63, 3.8) is 0 Å². The second kappa shape index (κ2) is 7.94. The molecule has 1 atom stereocenters. The summed E-state index contributed by atoms with van der Waals surface area (Å²) in [5.41, 5.74) is 10.1. The van der Waals surface area contributed by atoms with E-state index in [9.17, 15) is 0 Å². The first-order chi connectivity index (χ1) is 14.7. The molecule has 0 fully saturated rings. The van der Waals surface area contributed by atoms with Crippen molar-refractivity contribution in [2.45, 2.75) is 46.0 Å². The van der Waals surface area contributed by atoms with Crippen LogP contribution in [0.3, 0.4) is 0 Å². The number of aromatic nitrogens is 3. The van der Waals surface area contributed by atoms with Gasteiger partial charge in [0.05, 0.1) is 22.4 Å². The Balaban J connectivity index is 1.44. The van der Waals surface area contributed by atoms with Gasteiger partial charge in [0.15, 0.2) is 0 Å². The highest BCUT2D eigenvalue weighted by Gasteiger charge is 2.25. The predicted octanol–water partition coefficient (Wildman–Crippen LogP) is 5.86. The van der Waals surface area contributed by atoms with Crippen molar-refractivity contribution < 1.29 is 0 Å². The molecule has 0 saturated carbocycles. The van der Waals surface area contributed by atoms with Gasteiger partial charge in [-0.1, -0.05) is 6.08 Å². The molecule has 4 heterocycles. The summed E-state index contributed by atoms with van der Waals surface area (Å²) >= 11 is 0. The van der Waals surface area contributed by atoms with E-state index >= 15 is 0 Å². The molecule has 150 valence electrons. The molecule has 0 N–H and O–H groups in total. The van der Waals surface area contributed by atoms with Gasteiger partial charge in [-0.05, 0) is 99.9 Å². The van der Waals surface area contributed by atoms with Crippen LogP contribution in [0.25, 0.3) is 17.1 Å². The molecule has 2 bridgehead atoms. The maximum Gasteiger partial charge on any atom is 0.0890 e. The Hall–Kier alpha value is -3.14. The van der Waals surface area contributed by atoms with E-state index in [4.69, 9.17) is 9.98 Å². The maximum absolute atomic E-state index is 5.14. The second-order valence-electron chi connectivity index (χ2n) is 8.30. The Kier molecular flexibility index (Phi) is 4.99. The maximum atomic E-state index is 5.14. The minimum Gasteiger partial charge on any atom is -0.257 e. The largest absolute Gasteiger partial charge is 0.257 e. The molecule has 5 rings (SSSR count). The summed E-state index contributed by atoms with van der Waals surface area (Å²) in [4.78, 5) is 19.1. The van der Waals surface area contributed by atoms with Crippen LogP contribution >= 0.6 is 0 Å². The Morgan fingerprint density at radius 1 is 0.967 bits per heavy atom. The third-order valence-corrected chi connectivity index (χ3v) is 6.24. The Bertz CT molecular complexity index is 1200. The van der Waals surface area contributed by atoms with Crippen LogP contribution in [0.4, 0.5) is 0 Å². The van der Waals surface area contributed by atoms with Crippen LogP contribution < -0.4 is 0 Å². The number of aliphatic imine (C=N–C) groups is 1. The number of hydrogen-bond donors (Lipinski definition) is 0. The van der Waals surface area contributed by atoms with E-state index in [1.807, 2.05) is 25.3 Å². The van der Waals surface area contributed by atoms with Gasteiger partial charge >= 0.3 is 0 Å². The lowest BCUT2D eigenvalue weighted by molar-refractivity contribution is 0.568. The average Bonchev–Trinajstić information content (AvgIpc) is 2.84. The lowest BCUT2D eigenvalue weighted by Crippen LogP contribution is -2.18. The molecule has 4 nitrogen and oxygen atoms in total. The van der Waals surface area contributed by atoms with Crippen molar-refractivity contribution >= 4 is 22.8 Å². The lowest BCUT2D eigenvalue weighted by Gasteiger charge is -2.26. The monoisotopic (exact) mass is 394 g/mol. The Labute approximate surface area is 177 Å². The topological polar surface area (TPSA) is 51.0 Å². The van der Waals surface area contributed by atoms with Gasteiger partial charge in [-0.25, -0.2) is 0 Å². The number of pyridine rings is 3. The van der Waals surface area contributed by atoms with Crippen LogP contribution in [0.5, 0.6) is 0 Å². The Morgan fingerprint density at radius 2 is 1.83 bits per heavy atom. The average molecular weight is 395 g/mol. The van der Waals surface area contributed by atoms with Crippen molar-refractivity contribution in [3.05, 3.63) is 82.6 Å². The zero-order valence-corrected chi connectivity index (χ0v) is 17.6. The lowest BCUT2D eigenvalue weighted by atomic mass is 9.84. The molecule has 0 aromatic carbocycles. The van der Waals surface area contributed by atoms with E-state index in [-0.39, 0.29) is 0 Å². The molecule has 4 heteroatoms. The number of fused-ring (bicyclic) bond motifs is 5. The second-order valence-corrected chi connectivity index (χ2v) is 8.30. The van der Waals surface area contributed by atoms with Gasteiger partial charge in [0, 0.05) is 28.8 Å². The summed E-state index contributed by atoms with van der Waals surface area (Å²) in [5, 5.41) is 0. The highest BCUT2D eigenvalue weighted by Crippen LogP contribution is 2.34. The molecule has 1 aliphatic heterocycles. The van der Waals surface area contributed by atoms with Gasteiger partial charge < -0.3 is 0 Å². The molecule has 2 aliphatic rings. The van der Waals surface area contributed by atoms with Crippen molar-refractivity contribution in [3.8, 4) is 0 Å². The highest BCUT2D eigenvalue weighted by molar-refractivity contribution is 6.04. The zero-order chi connectivity index (χ0) is 20.5. The zero-order valence-electron chi connectivity index (χ0n) is 17.6. The minimum atomic E-state index is 0.556. The Morgan fingerprint density at radius 3 is 2.77 bits per heavy atom. The molecule has 0 spiro atoms. The molecule has 0 saturated heterocycles. The van der Waals surface area contributed by atoms with Gasteiger partial charge in [0.1, 0.15) is 0 Å². The van der Waals surface area contributed by atoms with Crippen LogP contribution in [0, 0.1) is 12.8 Å². The molecular formula is C26H26N4. The number of aryl methyl sites for hydroxylation is 2. The fourth-order valence-corrected chi connectivity index (χ4v) is 4.49. The molecule has 1 unspecified atom stereocenters. The van der Waals surface area contributed by atoms with Crippen LogP contribution in [-0.4, -0.2) is 20.7 Å². The first kappa shape index (κ1) is 18.9. The van der Waals surface area contributed by atoms with Gasteiger partial charge in [-0.15, -0.1) is 0 Å². The smallest absolute Gasteiger partial charge is 0.0890 e. The normalized spacial score (nSPS) is 19.5. The van der Waals surface area contributed by atoms with Gasteiger partial charge in [0.25, 0.3) is 0 Å². The molecule has 3 aromatic rings. The molecular weight excluding hydrogens is 368 g/mol. The molecule has 3 aromatic heterocycles. The number of nitrogens with zero attached hydrogens (tertiary/aromatic N) is 4. The van der Waals surface area contributed by atoms with E-state index in [0.717, 1.165) is 60.2 Å². The van der Waals surface area contributed by atoms with Gasteiger partial charge in [-0.3, -0.25) is 19.9 Å². The van der Waals surface area contributed by atoms with Crippen molar-refractivity contribution in [1.29, 1.82) is 0 Å².